The van der Waals surface area contributed by atoms with Gasteiger partial charge < -0.3 is 20.2 Å². The number of phenolic OH excluding ortho intramolecular Hbond substituents is 2. The summed E-state index contributed by atoms with van der Waals surface area (Å²) in [5.41, 5.74) is 0.0871. The summed E-state index contributed by atoms with van der Waals surface area (Å²) < 4.78 is 0. The second kappa shape index (κ2) is 6.61. The topological polar surface area (TPSA) is 81.0 Å². The third kappa shape index (κ3) is 3.04. The van der Waals surface area contributed by atoms with Crippen LogP contribution in [0.2, 0.25) is 0 Å². The first-order chi connectivity index (χ1) is 9.65. The van der Waals surface area contributed by atoms with E-state index in [0.29, 0.717) is 0 Å². The molecule has 5 heteroatoms. The molecule has 0 saturated heterocycles. The van der Waals surface area contributed by atoms with E-state index in [1.165, 1.54) is 24.6 Å². The second-order valence-corrected chi connectivity index (χ2v) is 5.19. The van der Waals surface area contributed by atoms with Crippen molar-refractivity contribution in [3.8, 4) is 11.5 Å². The minimum Gasteiger partial charge on any atom is -0.504 e. The van der Waals surface area contributed by atoms with Crippen LogP contribution in [0, 0.1) is 0 Å². The fraction of sp³-hybridized carbons (Fsp3) is 0.533. The largest absolute Gasteiger partial charge is 0.504 e. The predicted octanol–water partition coefficient (Wildman–Crippen LogP) is 1.86. The van der Waals surface area contributed by atoms with E-state index in [9.17, 15) is 20.1 Å². The van der Waals surface area contributed by atoms with Crippen LogP contribution in [0.15, 0.2) is 18.2 Å². The summed E-state index contributed by atoms with van der Waals surface area (Å²) in [5, 5.41) is 28.5. The molecule has 0 atom stereocenters. The van der Waals surface area contributed by atoms with Crippen molar-refractivity contribution in [2.24, 2.45) is 0 Å². The maximum Gasteiger partial charge on any atom is 0.258 e. The Morgan fingerprint density at radius 1 is 1.20 bits per heavy atom. The van der Waals surface area contributed by atoms with Crippen molar-refractivity contribution in [2.75, 3.05) is 13.2 Å². The number of rotatable bonds is 4. The molecule has 0 aliphatic heterocycles. The van der Waals surface area contributed by atoms with E-state index in [0.717, 1.165) is 25.7 Å². The molecule has 2 rings (SSSR count). The van der Waals surface area contributed by atoms with Gasteiger partial charge in [-0.05, 0) is 25.0 Å². The molecule has 5 nitrogen and oxygen atoms in total. The van der Waals surface area contributed by atoms with Gasteiger partial charge in [0.05, 0.1) is 12.2 Å². The van der Waals surface area contributed by atoms with E-state index in [1.54, 1.807) is 4.90 Å². The number of nitrogens with zero attached hydrogens (tertiary/aromatic N) is 1. The van der Waals surface area contributed by atoms with E-state index in [2.05, 4.69) is 0 Å². The SMILES string of the molecule is O=C(c1cccc(O)c1O)N(CCO)C1CCCCC1. The highest BCUT2D eigenvalue weighted by Gasteiger charge is 2.27. The van der Waals surface area contributed by atoms with Gasteiger partial charge in [0.15, 0.2) is 11.5 Å². The molecular formula is C15H21NO4. The monoisotopic (exact) mass is 279 g/mol. The molecule has 0 bridgehead atoms. The van der Waals surface area contributed by atoms with Crippen LogP contribution in [-0.2, 0) is 0 Å². The summed E-state index contributed by atoms with van der Waals surface area (Å²) in [6.45, 7) is 0.139. The van der Waals surface area contributed by atoms with Gasteiger partial charge >= 0.3 is 0 Å². The predicted molar refractivity (Wildman–Crippen MR) is 74.8 cm³/mol. The zero-order valence-electron chi connectivity index (χ0n) is 11.5. The van der Waals surface area contributed by atoms with Crippen LogP contribution in [0.3, 0.4) is 0 Å². The number of hydrogen-bond acceptors (Lipinski definition) is 4. The molecular weight excluding hydrogens is 258 g/mol. The number of aromatic hydroxyl groups is 2. The molecule has 1 aliphatic carbocycles. The molecule has 0 unspecified atom stereocenters. The van der Waals surface area contributed by atoms with Gasteiger partial charge in [0.2, 0.25) is 0 Å². The number of aliphatic hydroxyl groups excluding tert-OH is 1. The number of phenols is 2. The lowest BCUT2D eigenvalue weighted by molar-refractivity contribution is 0.0582. The summed E-state index contributed by atoms with van der Waals surface area (Å²) in [4.78, 5) is 14.2. The lowest BCUT2D eigenvalue weighted by atomic mass is 9.93. The molecule has 110 valence electrons. The van der Waals surface area contributed by atoms with Crippen LogP contribution in [0.1, 0.15) is 42.5 Å². The van der Waals surface area contributed by atoms with Crippen molar-refractivity contribution in [3.63, 3.8) is 0 Å². The van der Waals surface area contributed by atoms with Crippen molar-refractivity contribution in [1.29, 1.82) is 0 Å². The molecule has 1 aliphatic rings. The quantitative estimate of drug-likeness (QED) is 0.735. The fourth-order valence-electron chi connectivity index (χ4n) is 2.81. The molecule has 20 heavy (non-hydrogen) atoms. The number of para-hydroxylation sites is 1. The van der Waals surface area contributed by atoms with E-state index in [4.69, 9.17) is 0 Å². The first-order valence-electron chi connectivity index (χ1n) is 7.08. The maximum absolute atomic E-state index is 12.6. The van der Waals surface area contributed by atoms with E-state index < -0.39 is 5.75 Å². The van der Waals surface area contributed by atoms with Gasteiger partial charge in [0.25, 0.3) is 5.91 Å². The third-order valence-electron chi connectivity index (χ3n) is 3.86. The first-order valence-corrected chi connectivity index (χ1v) is 7.08. The Labute approximate surface area is 118 Å². The fourth-order valence-corrected chi connectivity index (χ4v) is 2.81. The van der Waals surface area contributed by atoms with Gasteiger partial charge in [-0.3, -0.25) is 4.79 Å². The Morgan fingerprint density at radius 3 is 2.55 bits per heavy atom. The molecule has 1 aromatic rings. The molecule has 3 N–H and O–H groups in total. The zero-order chi connectivity index (χ0) is 14.5. The minimum atomic E-state index is -0.392. The van der Waals surface area contributed by atoms with Crippen LogP contribution >= 0.6 is 0 Å². The zero-order valence-corrected chi connectivity index (χ0v) is 11.5. The Morgan fingerprint density at radius 2 is 1.90 bits per heavy atom. The standard InChI is InChI=1S/C15H21NO4/c17-10-9-16(11-5-2-1-3-6-11)15(20)12-7-4-8-13(18)14(12)19/h4,7-8,11,17-19H,1-3,5-6,9-10H2. The molecule has 1 fully saturated rings. The summed E-state index contributed by atoms with van der Waals surface area (Å²) in [5.74, 6) is -1.03. The van der Waals surface area contributed by atoms with Gasteiger partial charge in [-0.15, -0.1) is 0 Å². The molecule has 0 spiro atoms. The highest BCUT2D eigenvalue weighted by atomic mass is 16.3. The lowest BCUT2D eigenvalue weighted by Gasteiger charge is -2.34. The molecule has 1 aromatic carbocycles. The number of carbonyl (C=O) groups is 1. The average Bonchev–Trinajstić information content (AvgIpc) is 2.48. The number of amides is 1. The van der Waals surface area contributed by atoms with Crippen LogP contribution < -0.4 is 0 Å². The number of benzene rings is 1. The summed E-state index contributed by atoms with van der Waals surface area (Å²) in [7, 11) is 0. The first kappa shape index (κ1) is 14.7. The Bertz CT molecular complexity index is 469. The average molecular weight is 279 g/mol. The highest BCUT2D eigenvalue weighted by molar-refractivity contribution is 5.97. The van der Waals surface area contributed by atoms with Gasteiger partial charge in [-0.25, -0.2) is 0 Å². The highest BCUT2D eigenvalue weighted by Crippen LogP contribution is 2.31. The number of aliphatic hydroxyl groups is 1. The molecule has 0 heterocycles. The Hall–Kier alpha value is -1.75. The Kier molecular flexibility index (Phi) is 4.84. The van der Waals surface area contributed by atoms with Crippen molar-refractivity contribution >= 4 is 5.91 Å². The number of carbonyl (C=O) groups excluding carboxylic acids is 1. The summed E-state index contributed by atoms with van der Waals surface area (Å²) in [6, 6.07) is 4.46. The van der Waals surface area contributed by atoms with Crippen LogP contribution in [0.4, 0.5) is 0 Å². The van der Waals surface area contributed by atoms with E-state index in [-0.39, 0.29) is 36.4 Å². The third-order valence-corrected chi connectivity index (χ3v) is 3.86. The van der Waals surface area contributed by atoms with E-state index in [1.807, 2.05) is 0 Å². The summed E-state index contributed by atoms with van der Waals surface area (Å²) >= 11 is 0. The van der Waals surface area contributed by atoms with E-state index >= 15 is 0 Å². The molecule has 1 amide bonds. The van der Waals surface area contributed by atoms with Crippen molar-refractivity contribution < 1.29 is 20.1 Å². The van der Waals surface area contributed by atoms with Gasteiger partial charge in [-0.1, -0.05) is 25.3 Å². The molecule has 0 radical (unpaired) electrons. The van der Waals surface area contributed by atoms with Crippen LogP contribution in [0.25, 0.3) is 0 Å². The van der Waals surface area contributed by atoms with Gasteiger partial charge in [0.1, 0.15) is 0 Å². The van der Waals surface area contributed by atoms with Gasteiger partial charge in [0, 0.05) is 12.6 Å². The van der Waals surface area contributed by atoms with Crippen molar-refractivity contribution in [2.45, 2.75) is 38.1 Å². The minimum absolute atomic E-state index is 0.0871. The summed E-state index contributed by atoms with van der Waals surface area (Å²) in [6.07, 6.45) is 5.17. The smallest absolute Gasteiger partial charge is 0.258 e. The molecule has 0 aromatic heterocycles. The lowest BCUT2D eigenvalue weighted by Crippen LogP contribution is -2.43. The van der Waals surface area contributed by atoms with Crippen molar-refractivity contribution in [1.82, 2.24) is 4.90 Å². The second-order valence-electron chi connectivity index (χ2n) is 5.19. The molecule has 1 saturated carbocycles. The normalized spacial score (nSPS) is 16.1. The maximum atomic E-state index is 12.6. The number of hydrogen-bond donors (Lipinski definition) is 3. The Balaban J connectivity index is 2.23. The van der Waals surface area contributed by atoms with Crippen LogP contribution in [-0.4, -0.2) is 45.3 Å². The van der Waals surface area contributed by atoms with Crippen molar-refractivity contribution in [3.05, 3.63) is 23.8 Å². The van der Waals surface area contributed by atoms with Crippen LogP contribution in [0.5, 0.6) is 11.5 Å². The van der Waals surface area contributed by atoms with Gasteiger partial charge in [-0.2, -0.15) is 0 Å².